The molecule has 0 aliphatic carbocycles. The minimum absolute atomic E-state index is 0.218. The Kier molecular flexibility index (Phi) is 6.45. The first-order valence-corrected chi connectivity index (χ1v) is 10.0. The highest BCUT2D eigenvalue weighted by Gasteiger charge is 2.19. The lowest BCUT2D eigenvalue weighted by atomic mass is 10.0. The van der Waals surface area contributed by atoms with Gasteiger partial charge in [-0.1, -0.05) is 49.7 Å². The molecule has 1 aromatic heterocycles. The van der Waals surface area contributed by atoms with Gasteiger partial charge in [0.2, 0.25) is 0 Å². The van der Waals surface area contributed by atoms with E-state index in [1.54, 1.807) is 35.6 Å². The lowest BCUT2D eigenvalue weighted by molar-refractivity contribution is 0.0943. The van der Waals surface area contributed by atoms with Gasteiger partial charge >= 0.3 is 6.03 Å². The number of carbonyl (C=O) groups excluding carboxylic acids is 2. The van der Waals surface area contributed by atoms with Crippen LogP contribution in [-0.2, 0) is 6.42 Å². The van der Waals surface area contributed by atoms with Crippen LogP contribution in [0.2, 0.25) is 0 Å². The van der Waals surface area contributed by atoms with Crippen LogP contribution < -0.4 is 16.4 Å². The van der Waals surface area contributed by atoms with Gasteiger partial charge in [-0.2, -0.15) is 0 Å². The van der Waals surface area contributed by atoms with Crippen molar-refractivity contribution in [1.29, 1.82) is 0 Å². The molecule has 144 valence electrons. The lowest BCUT2D eigenvalue weighted by Gasteiger charge is -2.19. The number of carbonyl (C=O) groups is 2. The van der Waals surface area contributed by atoms with Crippen LogP contribution in [-0.4, -0.2) is 11.9 Å². The minimum Gasteiger partial charge on any atom is -0.351 e. The quantitative estimate of drug-likeness (QED) is 0.543. The van der Waals surface area contributed by atoms with Gasteiger partial charge in [0.25, 0.3) is 5.91 Å². The predicted molar refractivity (Wildman–Crippen MR) is 114 cm³/mol. The fourth-order valence-electron chi connectivity index (χ4n) is 3.03. The maximum Gasteiger partial charge on any atom is 0.316 e. The van der Waals surface area contributed by atoms with Crippen molar-refractivity contribution < 1.29 is 9.59 Å². The Morgan fingerprint density at radius 1 is 1.07 bits per heavy atom. The molecule has 1 atom stereocenters. The summed E-state index contributed by atoms with van der Waals surface area (Å²) in [4.78, 5) is 25.0. The van der Waals surface area contributed by atoms with Crippen LogP contribution in [0.5, 0.6) is 0 Å². The Morgan fingerprint density at radius 2 is 1.86 bits per heavy atom. The molecule has 0 aliphatic heterocycles. The monoisotopic (exact) mass is 393 g/mol. The van der Waals surface area contributed by atoms with Crippen LogP contribution in [0.4, 0.5) is 10.5 Å². The minimum atomic E-state index is -0.666. The van der Waals surface area contributed by atoms with Gasteiger partial charge < -0.3 is 16.4 Å². The zero-order valence-electron chi connectivity index (χ0n) is 15.6. The number of aryl methyl sites for hydroxylation is 1. The third kappa shape index (κ3) is 4.98. The summed E-state index contributed by atoms with van der Waals surface area (Å²) in [7, 11) is 0. The molecule has 0 fully saturated rings. The topological polar surface area (TPSA) is 84.2 Å². The molecular weight excluding hydrogens is 370 g/mol. The van der Waals surface area contributed by atoms with E-state index in [9.17, 15) is 9.59 Å². The normalized spacial score (nSPS) is 11.6. The lowest BCUT2D eigenvalue weighted by Crippen LogP contribution is -2.29. The number of hydrogen-bond donors (Lipinski definition) is 3. The molecule has 3 aromatic rings. The van der Waals surface area contributed by atoms with Crippen molar-refractivity contribution in [2.75, 3.05) is 5.32 Å². The van der Waals surface area contributed by atoms with Gasteiger partial charge in [-0.25, -0.2) is 4.79 Å². The van der Waals surface area contributed by atoms with Crippen molar-refractivity contribution in [2.24, 2.45) is 5.73 Å². The van der Waals surface area contributed by atoms with Crippen LogP contribution >= 0.6 is 11.3 Å². The first-order chi connectivity index (χ1) is 13.6. The SMILES string of the molecule is CCCc1ccc(C(NC(=O)c2cccc(NC(N)=O)c2)c2cccs2)cc1. The maximum atomic E-state index is 12.9. The van der Waals surface area contributed by atoms with Crippen LogP contribution in [0.15, 0.2) is 66.0 Å². The molecule has 0 aliphatic rings. The molecule has 1 unspecified atom stereocenters. The largest absolute Gasteiger partial charge is 0.351 e. The van der Waals surface area contributed by atoms with Crippen molar-refractivity contribution in [2.45, 2.75) is 25.8 Å². The van der Waals surface area contributed by atoms with E-state index in [1.807, 2.05) is 17.5 Å². The Bertz CT molecular complexity index is 937. The second-order valence-corrected chi connectivity index (χ2v) is 7.46. The third-order valence-electron chi connectivity index (χ3n) is 4.35. The molecule has 0 radical (unpaired) electrons. The summed E-state index contributed by atoms with van der Waals surface area (Å²) in [6.07, 6.45) is 2.13. The molecule has 4 N–H and O–H groups in total. The average Bonchev–Trinajstić information content (AvgIpc) is 3.21. The summed E-state index contributed by atoms with van der Waals surface area (Å²) in [5.41, 5.74) is 8.41. The van der Waals surface area contributed by atoms with Gasteiger partial charge in [-0.15, -0.1) is 11.3 Å². The van der Waals surface area contributed by atoms with Crippen LogP contribution in [0, 0.1) is 0 Å². The van der Waals surface area contributed by atoms with Gasteiger partial charge in [0.15, 0.2) is 0 Å². The zero-order chi connectivity index (χ0) is 19.9. The van der Waals surface area contributed by atoms with E-state index < -0.39 is 6.03 Å². The summed E-state index contributed by atoms with van der Waals surface area (Å²) >= 11 is 1.60. The molecule has 0 saturated carbocycles. The highest BCUT2D eigenvalue weighted by molar-refractivity contribution is 7.10. The van der Waals surface area contributed by atoms with Gasteiger partial charge in [0.1, 0.15) is 0 Å². The summed E-state index contributed by atoms with van der Waals surface area (Å²) in [5.74, 6) is -0.218. The fourth-order valence-corrected chi connectivity index (χ4v) is 3.84. The Hall–Kier alpha value is -3.12. The van der Waals surface area contributed by atoms with Crippen molar-refractivity contribution in [3.05, 3.63) is 87.6 Å². The number of nitrogens with two attached hydrogens (primary N) is 1. The Labute approximate surface area is 168 Å². The van der Waals surface area contributed by atoms with Crippen LogP contribution in [0.1, 0.15) is 45.7 Å². The molecule has 1 heterocycles. The smallest absolute Gasteiger partial charge is 0.316 e. The summed E-state index contributed by atoms with van der Waals surface area (Å²) in [6.45, 7) is 2.16. The van der Waals surface area contributed by atoms with E-state index in [0.717, 1.165) is 23.3 Å². The number of anilines is 1. The van der Waals surface area contributed by atoms with E-state index in [1.165, 1.54) is 5.56 Å². The number of hydrogen-bond acceptors (Lipinski definition) is 3. The first-order valence-electron chi connectivity index (χ1n) is 9.16. The number of rotatable bonds is 7. The standard InChI is InChI=1S/C22H23N3O2S/c1-2-5-15-9-11-16(12-10-15)20(19-8-4-13-28-19)25-21(26)17-6-3-7-18(14-17)24-22(23)27/h3-4,6-14,20H,2,5H2,1H3,(H,25,26)(H3,23,24,27). The number of thiophene rings is 1. The van der Waals surface area contributed by atoms with Gasteiger partial charge in [0.05, 0.1) is 6.04 Å². The van der Waals surface area contributed by atoms with E-state index in [-0.39, 0.29) is 11.9 Å². The number of primary amides is 1. The van der Waals surface area contributed by atoms with Crippen LogP contribution in [0.25, 0.3) is 0 Å². The zero-order valence-corrected chi connectivity index (χ0v) is 16.5. The number of amides is 3. The van der Waals surface area contributed by atoms with Gasteiger partial charge in [-0.05, 0) is 47.2 Å². The third-order valence-corrected chi connectivity index (χ3v) is 5.28. The van der Waals surface area contributed by atoms with Crippen LogP contribution in [0.3, 0.4) is 0 Å². The molecule has 0 spiro atoms. The molecule has 28 heavy (non-hydrogen) atoms. The highest BCUT2D eigenvalue weighted by Crippen LogP contribution is 2.27. The second-order valence-electron chi connectivity index (χ2n) is 6.48. The van der Waals surface area contributed by atoms with E-state index >= 15 is 0 Å². The van der Waals surface area contributed by atoms with Crippen molar-refractivity contribution in [3.8, 4) is 0 Å². The fraction of sp³-hybridized carbons (Fsp3) is 0.182. The molecule has 2 aromatic carbocycles. The Balaban J connectivity index is 1.84. The molecule has 6 heteroatoms. The van der Waals surface area contributed by atoms with E-state index in [0.29, 0.717) is 11.3 Å². The van der Waals surface area contributed by atoms with E-state index in [2.05, 4.69) is 41.8 Å². The highest BCUT2D eigenvalue weighted by atomic mass is 32.1. The number of benzene rings is 2. The summed E-state index contributed by atoms with van der Waals surface area (Å²) in [5, 5.41) is 7.60. The molecular formula is C22H23N3O2S. The molecule has 3 amide bonds. The average molecular weight is 394 g/mol. The van der Waals surface area contributed by atoms with E-state index in [4.69, 9.17) is 5.73 Å². The number of nitrogens with one attached hydrogen (secondary N) is 2. The van der Waals surface area contributed by atoms with Crippen molar-refractivity contribution >= 4 is 29.0 Å². The first kappa shape index (κ1) is 19.6. The number of urea groups is 1. The molecule has 3 rings (SSSR count). The van der Waals surface area contributed by atoms with Gasteiger partial charge in [0, 0.05) is 16.1 Å². The van der Waals surface area contributed by atoms with Crippen molar-refractivity contribution in [3.63, 3.8) is 0 Å². The van der Waals surface area contributed by atoms with Crippen molar-refractivity contribution in [1.82, 2.24) is 5.32 Å². The Morgan fingerprint density at radius 3 is 2.50 bits per heavy atom. The van der Waals surface area contributed by atoms with Gasteiger partial charge in [-0.3, -0.25) is 4.79 Å². The predicted octanol–water partition coefficient (Wildman–Crippen LogP) is 4.71. The molecule has 0 saturated heterocycles. The summed E-state index contributed by atoms with van der Waals surface area (Å²) in [6, 6.07) is 18.2. The second kappa shape index (κ2) is 9.19. The maximum absolute atomic E-state index is 12.9. The summed E-state index contributed by atoms with van der Waals surface area (Å²) < 4.78 is 0. The molecule has 0 bridgehead atoms. The molecule has 5 nitrogen and oxygen atoms in total.